The number of carbonyl (C=O) groups is 1. The number of hydrogen-bond acceptors (Lipinski definition) is 5. The van der Waals surface area contributed by atoms with Gasteiger partial charge in [0.25, 0.3) is 0 Å². The van der Waals surface area contributed by atoms with Crippen LogP contribution in [-0.2, 0) is 24.7 Å². The average molecular weight is 389 g/mol. The number of sulfone groups is 1. The van der Waals surface area contributed by atoms with Crippen molar-refractivity contribution in [2.45, 2.75) is 25.8 Å². The maximum Gasteiger partial charge on any atom is 0.228 e. The lowest BCUT2D eigenvalue weighted by Gasteiger charge is -2.27. The van der Waals surface area contributed by atoms with Gasteiger partial charge in [-0.05, 0) is 25.5 Å². The van der Waals surface area contributed by atoms with E-state index < -0.39 is 25.9 Å². The van der Waals surface area contributed by atoms with Gasteiger partial charge in [0.2, 0.25) is 15.9 Å². The van der Waals surface area contributed by atoms with Crippen LogP contribution < -0.4 is 4.90 Å². The Hall–Kier alpha value is -1.45. The first-order chi connectivity index (χ1) is 11.6. The molecule has 1 fully saturated rings. The smallest absolute Gasteiger partial charge is 0.228 e. The Labute approximate surface area is 149 Å². The van der Waals surface area contributed by atoms with Gasteiger partial charge in [-0.2, -0.15) is 4.31 Å². The lowest BCUT2D eigenvalue weighted by Crippen LogP contribution is -2.43. The fourth-order valence-corrected chi connectivity index (χ4v) is 6.04. The van der Waals surface area contributed by atoms with Crippen LogP contribution in [0.4, 0.5) is 5.69 Å². The fraction of sp³-hybridized carbons (Fsp3) is 0.562. The van der Waals surface area contributed by atoms with Crippen LogP contribution in [0, 0.1) is 0 Å². The van der Waals surface area contributed by atoms with Crippen molar-refractivity contribution in [3.63, 3.8) is 0 Å². The second kappa shape index (κ2) is 7.84. The minimum absolute atomic E-state index is 0.00630. The third-order valence-corrected chi connectivity index (χ3v) is 7.36. The minimum Gasteiger partial charge on any atom is -0.313 e. The Balaban J connectivity index is 2.09. The van der Waals surface area contributed by atoms with Gasteiger partial charge in [-0.15, -0.1) is 0 Å². The lowest BCUT2D eigenvalue weighted by molar-refractivity contribution is -0.118. The molecule has 25 heavy (non-hydrogen) atoms. The summed E-state index contributed by atoms with van der Waals surface area (Å²) in [5, 5.41) is 0. The molecule has 2 rings (SSSR count). The van der Waals surface area contributed by atoms with E-state index in [-0.39, 0.29) is 36.8 Å². The fourth-order valence-electron chi connectivity index (χ4n) is 3.07. The van der Waals surface area contributed by atoms with E-state index in [0.717, 1.165) is 16.2 Å². The molecule has 7 nitrogen and oxygen atoms in total. The van der Waals surface area contributed by atoms with Crippen LogP contribution in [0.15, 0.2) is 30.3 Å². The van der Waals surface area contributed by atoms with E-state index in [1.165, 1.54) is 0 Å². The summed E-state index contributed by atoms with van der Waals surface area (Å²) in [5.41, 5.74) is 0.754. The van der Waals surface area contributed by atoms with Gasteiger partial charge in [0.1, 0.15) is 0 Å². The van der Waals surface area contributed by atoms with Gasteiger partial charge in [0, 0.05) is 31.2 Å². The number of rotatable bonds is 7. The molecular formula is C16H24N2O5S2. The zero-order valence-corrected chi connectivity index (χ0v) is 16.1. The maximum absolute atomic E-state index is 12.5. The third kappa shape index (κ3) is 5.26. The van der Waals surface area contributed by atoms with Crippen LogP contribution in [0.5, 0.6) is 0 Å². The Morgan fingerprint density at radius 1 is 1.24 bits per heavy atom. The second-order valence-electron chi connectivity index (χ2n) is 6.15. The monoisotopic (exact) mass is 388 g/mol. The highest BCUT2D eigenvalue weighted by Crippen LogP contribution is 2.21. The molecule has 0 saturated carbocycles. The number of hydrogen-bond donors (Lipinski definition) is 0. The molecule has 1 aliphatic heterocycles. The molecule has 0 aliphatic carbocycles. The molecule has 1 aromatic carbocycles. The highest BCUT2D eigenvalue weighted by atomic mass is 32.2. The van der Waals surface area contributed by atoms with Crippen LogP contribution in [-0.4, -0.2) is 63.9 Å². The molecular weight excluding hydrogens is 364 g/mol. The van der Waals surface area contributed by atoms with E-state index in [0.29, 0.717) is 6.54 Å². The summed E-state index contributed by atoms with van der Waals surface area (Å²) in [6, 6.07) is 8.57. The van der Waals surface area contributed by atoms with Crippen LogP contribution in [0.25, 0.3) is 0 Å². The van der Waals surface area contributed by atoms with Crippen molar-refractivity contribution in [1.82, 2.24) is 4.31 Å². The van der Waals surface area contributed by atoms with Gasteiger partial charge in [-0.1, -0.05) is 18.2 Å². The summed E-state index contributed by atoms with van der Waals surface area (Å²) in [5.74, 6) is -0.379. The Morgan fingerprint density at radius 2 is 1.88 bits per heavy atom. The summed E-state index contributed by atoms with van der Waals surface area (Å²) in [6.45, 7) is 2.31. The van der Waals surface area contributed by atoms with Crippen molar-refractivity contribution in [2.75, 3.05) is 35.8 Å². The van der Waals surface area contributed by atoms with E-state index in [4.69, 9.17) is 0 Å². The van der Waals surface area contributed by atoms with E-state index >= 15 is 0 Å². The SMILES string of the molecule is CCN(C(=O)CCN(C1CCS(=O)(=O)C1)S(C)(=O)=O)c1ccccc1. The zero-order chi connectivity index (χ0) is 18.7. The van der Waals surface area contributed by atoms with Crippen molar-refractivity contribution in [2.24, 2.45) is 0 Å². The summed E-state index contributed by atoms with van der Waals surface area (Å²) in [7, 11) is -6.80. The van der Waals surface area contributed by atoms with Gasteiger partial charge < -0.3 is 4.90 Å². The molecule has 1 unspecified atom stereocenters. The van der Waals surface area contributed by atoms with Crippen molar-refractivity contribution >= 4 is 31.5 Å². The summed E-state index contributed by atoms with van der Waals surface area (Å²) in [4.78, 5) is 14.1. The van der Waals surface area contributed by atoms with Gasteiger partial charge in [-0.25, -0.2) is 16.8 Å². The molecule has 0 aromatic heterocycles. The maximum atomic E-state index is 12.5. The Kier molecular flexibility index (Phi) is 6.23. The molecule has 1 amide bonds. The highest BCUT2D eigenvalue weighted by molar-refractivity contribution is 7.92. The predicted molar refractivity (Wildman–Crippen MR) is 97.7 cm³/mol. The normalized spacial score (nSPS) is 19.9. The first-order valence-corrected chi connectivity index (χ1v) is 11.8. The van der Waals surface area contributed by atoms with Crippen LogP contribution in [0.1, 0.15) is 19.8 Å². The third-order valence-electron chi connectivity index (χ3n) is 4.27. The number of para-hydroxylation sites is 1. The number of benzene rings is 1. The van der Waals surface area contributed by atoms with Gasteiger partial charge in [-0.3, -0.25) is 4.79 Å². The molecule has 0 spiro atoms. The van der Waals surface area contributed by atoms with E-state index in [1.807, 2.05) is 37.3 Å². The van der Waals surface area contributed by atoms with Crippen LogP contribution >= 0.6 is 0 Å². The molecule has 1 aromatic rings. The molecule has 0 bridgehead atoms. The average Bonchev–Trinajstić information content (AvgIpc) is 2.87. The van der Waals surface area contributed by atoms with Crippen molar-refractivity contribution in [1.29, 1.82) is 0 Å². The molecule has 1 aliphatic rings. The van der Waals surface area contributed by atoms with Crippen molar-refractivity contribution in [3.05, 3.63) is 30.3 Å². The topological polar surface area (TPSA) is 91.8 Å². The van der Waals surface area contributed by atoms with Gasteiger partial charge >= 0.3 is 0 Å². The highest BCUT2D eigenvalue weighted by Gasteiger charge is 2.36. The molecule has 9 heteroatoms. The van der Waals surface area contributed by atoms with Crippen molar-refractivity contribution in [3.8, 4) is 0 Å². The van der Waals surface area contributed by atoms with Gasteiger partial charge in [0.05, 0.1) is 17.8 Å². The summed E-state index contributed by atoms with van der Waals surface area (Å²) < 4.78 is 48.6. The molecule has 0 radical (unpaired) electrons. The number of nitrogens with zero attached hydrogens (tertiary/aromatic N) is 2. The van der Waals surface area contributed by atoms with E-state index in [9.17, 15) is 21.6 Å². The number of anilines is 1. The lowest BCUT2D eigenvalue weighted by atomic mass is 10.2. The Morgan fingerprint density at radius 3 is 2.36 bits per heavy atom. The predicted octanol–water partition coefficient (Wildman–Crippen LogP) is 0.878. The summed E-state index contributed by atoms with van der Waals surface area (Å²) in [6.07, 6.45) is 1.34. The standard InChI is InChI=1S/C16H24N2O5S2/c1-3-17(14-7-5-4-6-8-14)16(19)9-11-18(24(2,20)21)15-10-12-25(22,23)13-15/h4-8,15H,3,9-13H2,1-2H3. The number of amides is 1. The number of sulfonamides is 1. The van der Waals surface area contributed by atoms with E-state index in [2.05, 4.69) is 0 Å². The Bertz CT molecular complexity index is 806. The van der Waals surface area contributed by atoms with Crippen LogP contribution in [0.3, 0.4) is 0 Å². The van der Waals surface area contributed by atoms with Crippen molar-refractivity contribution < 1.29 is 21.6 Å². The minimum atomic E-state index is -3.59. The molecule has 1 heterocycles. The second-order valence-corrected chi connectivity index (χ2v) is 10.3. The first-order valence-electron chi connectivity index (χ1n) is 8.16. The first kappa shape index (κ1) is 19.9. The summed E-state index contributed by atoms with van der Waals surface area (Å²) >= 11 is 0. The number of carbonyl (C=O) groups excluding carboxylic acids is 1. The van der Waals surface area contributed by atoms with Crippen LogP contribution in [0.2, 0.25) is 0 Å². The molecule has 0 N–H and O–H groups in total. The van der Waals surface area contributed by atoms with Gasteiger partial charge in [0.15, 0.2) is 9.84 Å². The zero-order valence-electron chi connectivity index (χ0n) is 14.5. The van der Waals surface area contributed by atoms with E-state index in [1.54, 1.807) is 4.90 Å². The molecule has 140 valence electrons. The molecule has 1 saturated heterocycles. The largest absolute Gasteiger partial charge is 0.313 e. The quantitative estimate of drug-likeness (QED) is 0.691. The molecule has 1 atom stereocenters.